The SMILES string of the molecule is COC(=O)/C=C1/CCC=C(c2ccco2)O1. The van der Waals surface area contributed by atoms with Crippen LogP contribution in [0.3, 0.4) is 0 Å². The van der Waals surface area contributed by atoms with Gasteiger partial charge in [-0.05, 0) is 24.6 Å². The van der Waals surface area contributed by atoms with Crippen molar-refractivity contribution < 1.29 is 18.7 Å². The summed E-state index contributed by atoms with van der Waals surface area (Å²) in [5.74, 6) is 1.50. The molecule has 1 aliphatic rings. The van der Waals surface area contributed by atoms with Crippen LogP contribution in [0.2, 0.25) is 0 Å². The van der Waals surface area contributed by atoms with E-state index in [-0.39, 0.29) is 0 Å². The molecule has 0 spiro atoms. The number of carbonyl (C=O) groups is 1. The van der Waals surface area contributed by atoms with Gasteiger partial charge in [-0.3, -0.25) is 0 Å². The van der Waals surface area contributed by atoms with Gasteiger partial charge in [0.2, 0.25) is 0 Å². The lowest BCUT2D eigenvalue weighted by Crippen LogP contribution is -2.03. The summed E-state index contributed by atoms with van der Waals surface area (Å²) in [7, 11) is 1.34. The molecule has 16 heavy (non-hydrogen) atoms. The number of rotatable bonds is 2. The highest BCUT2D eigenvalue weighted by atomic mass is 16.5. The van der Waals surface area contributed by atoms with E-state index in [9.17, 15) is 4.79 Å². The van der Waals surface area contributed by atoms with Crippen LogP contribution in [0, 0.1) is 0 Å². The first-order valence-electron chi connectivity index (χ1n) is 5.00. The van der Waals surface area contributed by atoms with E-state index in [0.29, 0.717) is 23.7 Å². The summed E-state index contributed by atoms with van der Waals surface area (Å²) in [6.07, 6.45) is 6.39. The second kappa shape index (κ2) is 4.70. The number of methoxy groups -OCH3 is 1. The van der Waals surface area contributed by atoms with Gasteiger partial charge in [-0.15, -0.1) is 0 Å². The van der Waals surface area contributed by atoms with Gasteiger partial charge in [0, 0.05) is 6.42 Å². The molecule has 0 atom stereocenters. The maximum atomic E-state index is 11.1. The number of hydrogen-bond acceptors (Lipinski definition) is 4. The zero-order valence-corrected chi connectivity index (χ0v) is 8.93. The first-order chi connectivity index (χ1) is 7.79. The fraction of sp³-hybridized carbons (Fsp3) is 0.250. The first kappa shape index (κ1) is 10.5. The third kappa shape index (κ3) is 2.34. The molecule has 0 saturated carbocycles. The maximum absolute atomic E-state index is 11.1. The monoisotopic (exact) mass is 220 g/mol. The quantitative estimate of drug-likeness (QED) is 0.567. The van der Waals surface area contributed by atoms with Gasteiger partial charge in [0.15, 0.2) is 11.5 Å². The fourth-order valence-corrected chi connectivity index (χ4v) is 1.44. The molecule has 0 radical (unpaired) electrons. The van der Waals surface area contributed by atoms with Gasteiger partial charge in [-0.2, -0.15) is 0 Å². The molecule has 4 nitrogen and oxygen atoms in total. The topological polar surface area (TPSA) is 48.7 Å². The average Bonchev–Trinajstić information content (AvgIpc) is 2.83. The number of hydrogen-bond donors (Lipinski definition) is 0. The summed E-state index contributed by atoms with van der Waals surface area (Å²) in [5.41, 5.74) is 0. The van der Waals surface area contributed by atoms with Gasteiger partial charge in [-0.1, -0.05) is 0 Å². The van der Waals surface area contributed by atoms with E-state index < -0.39 is 5.97 Å². The highest BCUT2D eigenvalue weighted by molar-refractivity contribution is 5.82. The zero-order chi connectivity index (χ0) is 11.4. The van der Waals surface area contributed by atoms with Crippen molar-refractivity contribution in [1.29, 1.82) is 0 Å². The predicted molar refractivity (Wildman–Crippen MR) is 57.1 cm³/mol. The van der Waals surface area contributed by atoms with Crippen LogP contribution < -0.4 is 0 Å². The van der Waals surface area contributed by atoms with E-state index in [1.807, 2.05) is 12.1 Å². The van der Waals surface area contributed by atoms with Crippen LogP contribution in [-0.4, -0.2) is 13.1 Å². The second-order valence-corrected chi connectivity index (χ2v) is 3.32. The lowest BCUT2D eigenvalue weighted by molar-refractivity contribution is -0.135. The molecule has 0 amide bonds. The van der Waals surface area contributed by atoms with Gasteiger partial charge < -0.3 is 13.9 Å². The van der Waals surface area contributed by atoms with E-state index >= 15 is 0 Å². The Morgan fingerprint density at radius 1 is 1.56 bits per heavy atom. The highest BCUT2D eigenvalue weighted by Crippen LogP contribution is 2.27. The van der Waals surface area contributed by atoms with Crippen molar-refractivity contribution in [3.05, 3.63) is 42.1 Å². The van der Waals surface area contributed by atoms with Crippen molar-refractivity contribution in [2.24, 2.45) is 0 Å². The Hall–Kier alpha value is -1.97. The van der Waals surface area contributed by atoms with E-state index in [0.717, 1.165) is 6.42 Å². The Balaban J connectivity index is 2.12. The van der Waals surface area contributed by atoms with Gasteiger partial charge >= 0.3 is 5.97 Å². The number of ether oxygens (including phenoxy) is 2. The Morgan fingerprint density at radius 3 is 3.12 bits per heavy atom. The predicted octanol–water partition coefficient (Wildman–Crippen LogP) is 2.49. The van der Waals surface area contributed by atoms with Crippen LogP contribution >= 0.6 is 0 Å². The molecule has 0 bridgehead atoms. The Labute approximate surface area is 93.1 Å². The molecule has 4 heteroatoms. The minimum Gasteiger partial charge on any atom is -0.466 e. The molecule has 2 heterocycles. The summed E-state index contributed by atoms with van der Waals surface area (Å²) < 4.78 is 15.3. The lowest BCUT2D eigenvalue weighted by atomic mass is 10.1. The van der Waals surface area contributed by atoms with Crippen molar-refractivity contribution in [2.75, 3.05) is 7.11 Å². The third-order valence-electron chi connectivity index (χ3n) is 2.21. The standard InChI is InChI=1S/C12H12O4/c1-14-12(13)8-9-4-2-5-11(16-9)10-6-3-7-15-10/h3,5-8H,2,4H2,1H3/b9-8-. The summed E-state index contributed by atoms with van der Waals surface area (Å²) in [4.78, 5) is 11.1. The Kier molecular flexibility index (Phi) is 3.10. The summed E-state index contributed by atoms with van der Waals surface area (Å²) in [5, 5.41) is 0. The molecule has 0 aliphatic carbocycles. The molecule has 2 rings (SSSR count). The van der Waals surface area contributed by atoms with Crippen LogP contribution in [0.1, 0.15) is 18.6 Å². The van der Waals surface area contributed by atoms with E-state index in [2.05, 4.69) is 4.74 Å². The smallest absolute Gasteiger partial charge is 0.333 e. The minimum absolute atomic E-state index is 0.407. The summed E-state index contributed by atoms with van der Waals surface area (Å²) in [6, 6.07) is 3.60. The van der Waals surface area contributed by atoms with Gasteiger partial charge in [0.05, 0.1) is 19.4 Å². The van der Waals surface area contributed by atoms with Gasteiger partial charge in [0.25, 0.3) is 0 Å². The molecule has 84 valence electrons. The number of carbonyl (C=O) groups excluding carboxylic acids is 1. The first-order valence-corrected chi connectivity index (χ1v) is 5.00. The van der Waals surface area contributed by atoms with Crippen LogP contribution in [0.15, 0.2) is 40.7 Å². The summed E-state index contributed by atoms with van der Waals surface area (Å²) in [6.45, 7) is 0. The molecular formula is C12H12O4. The molecule has 0 N–H and O–H groups in total. The molecule has 1 aromatic rings. The largest absolute Gasteiger partial charge is 0.466 e. The van der Waals surface area contributed by atoms with Crippen LogP contribution in [0.4, 0.5) is 0 Å². The lowest BCUT2D eigenvalue weighted by Gasteiger charge is -2.15. The van der Waals surface area contributed by atoms with E-state index in [1.54, 1.807) is 12.3 Å². The number of allylic oxidation sites excluding steroid dienone is 2. The van der Waals surface area contributed by atoms with E-state index in [4.69, 9.17) is 9.15 Å². The fourth-order valence-electron chi connectivity index (χ4n) is 1.44. The average molecular weight is 220 g/mol. The molecule has 0 unspecified atom stereocenters. The minimum atomic E-state index is -0.407. The van der Waals surface area contributed by atoms with Crippen molar-refractivity contribution >= 4 is 11.7 Å². The molecule has 1 aliphatic heterocycles. The van der Waals surface area contributed by atoms with Gasteiger partial charge in [0.1, 0.15) is 5.76 Å². The van der Waals surface area contributed by atoms with Crippen LogP contribution in [0.25, 0.3) is 5.76 Å². The van der Waals surface area contributed by atoms with Crippen molar-refractivity contribution in [3.8, 4) is 0 Å². The van der Waals surface area contributed by atoms with Crippen molar-refractivity contribution in [3.63, 3.8) is 0 Å². The third-order valence-corrected chi connectivity index (χ3v) is 2.21. The Morgan fingerprint density at radius 2 is 2.44 bits per heavy atom. The van der Waals surface area contributed by atoms with Crippen LogP contribution in [-0.2, 0) is 14.3 Å². The molecule has 1 aromatic heterocycles. The molecule has 0 saturated heterocycles. The normalized spacial score (nSPS) is 17.8. The number of furan rings is 1. The Bertz CT molecular complexity index is 426. The second-order valence-electron chi connectivity index (χ2n) is 3.32. The molecular weight excluding hydrogens is 208 g/mol. The van der Waals surface area contributed by atoms with Crippen molar-refractivity contribution in [2.45, 2.75) is 12.8 Å². The zero-order valence-electron chi connectivity index (χ0n) is 8.93. The van der Waals surface area contributed by atoms with Crippen molar-refractivity contribution in [1.82, 2.24) is 0 Å². The molecule has 0 fully saturated rings. The van der Waals surface area contributed by atoms with Crippen LogP contribution in [0.5, 0.6) is 0 Å². The van der Waals surface area contributed by atoms with Gasteiger partial charge in [-0.25, -0.2) is 4.79 Å². The van der Waals surface area contributed by atoms with E-state index in [1.165, 1.54) is 13.2 Å². The summed E-state index contributed by atoms with van der Waals surface area (Å²) >= 11 is 0. The molecule has 0 aromatic carbocycles. The number of esters is 1. The maximum Gasteiger partial charge on any atom is 0.333 e. The highest BCUT2D eigenvalue weighted by Gasteiger charge is 2.14.